The van der Waals surface area contributed by atoms with Gasteiger partial charge < -0.3 is 10.4 Å². The van der Waals surface area contributed by atoms with Crippen LogP contribution in [-0.2, 0) is 6.54 Å². The molecule has 5 heteroatoms. The minimum Gasteiger partial charge on any atom is -0.503 e. The van der Waals surface area contributed by atoms with Gasteiger partial charge in [-0.3, -0.25) is 4.79 Å². The molecule has 2 N–H and O–H groups in total. The van der Waals surface area contributed by atoms with Crippen LogP contribution in [0.3, 0.4) is 0 Å². The first-order valence-corrected chi connectivity index (χ1v) is 5.99. The van der Waals surface area contributed by atoms with E-state index in [4.69, 9.17) is 5.11 Å². The number of phenolic OH excluding ortho intramolecular Hbond substituents is 1. The van der Waals surface area contributed by atoms with Crippen LogP contribution in [0.15, 0.2) is 36.4 Å². The van der Waals surface area contributed by atoms with Crippen molar-refractivity contribution in [2.45, 2.75) is 13.5 Å². The van der Waals surface area contributed by atoms with Crippen molar-refractivity contribution in [3.63, 3.8) is 0 Å². The van der Waals surface area contributed by atoms with Crippen molar-refractivity contribution in [2.24, 2.45) is 0 Å². The van der Waals surface area contributed by atoms with Crippen molar-refractivity contribution in [1.82, 2.24) is 5.32 Å². The molecular formula is C15H13F2NO2. The first-order chi connectivity index (χ1) is 9.47. The minimum absolute atomic E-state index is 0.0270. The molecule has 0 fully saturated rings. The van der Waals surface area contributed by atoms with Crippen molar-refractivity contribution in [1.29, 1.82) is 0 Å². The molecular weight excluding hydrogens is 264 g/mol. The predicted octanol–water partition coefficient (Wildman–Crippen LogP) is 2.91. The van der Waals surface area contributed by atoms with Crippen molar-refractivity contribution < 1.29 is 18.7 Å². The summed E-state index contributed by atoms with van der Waals surface area (Å²) in [5.41, 5.74) is 1.73. The quantitative estimate of drug-likeness (QED) is 0.906. The highest BCUT2D eigenvalue weighted by atomic mass is 19.1. The van der Waals surface area contributed by atoms with E-state index < -0.39 is 17.4 Å². The molecule has 0 aliphatic carbocycles. The average Bonchev–Trinajstić information content (AvgIpc) is 2.42. The zero-order chi connectivity index (χ0) is 14.7. The van der Waals surface area contributed by atoms with Gasteiger partial charge >= 0.3 is 0 Å². The van der Waals surface area contributed by atoms with Gasteiger partial charge in [0.05, 0.1) is 0 Å². The van der Waals surface area contributed by atoms with E-state index in [1.807, 2.05) is 6.92 Å². The number of hydrogen-bond donors (Lipinski definition) is 2. The van der Waals surface area contributed by atoms with Gasteiger partial charge in [0, 0.05) is 12.1 Å². The van der Waals surface area contributed by atoms with Crippen molar-refractivity contribution in [3.05, 3.63) is 64.7 Å². The Morgan fingerprint density at radius 2 is 1.70 bits per heavy atom. The van der Waals surface area contributed by atoms with Gasteiger partial charge in [-0.15, -0.1) is 0 Å². The van der Waals surface area contributed by atoms with Crippen LogP contribution in [-0.4, -0.2) is 11.0 Å². The van der Waals surface area contributed by atoms with Gasteiger partial charge in [-0.05, 0) is 36.8 Å². The smallest absolute Gasteiger partial charge is 0.251 e. The van der Waals surface area contributed by atoms with Crippen LogP contribution in [0.25, 0.3) is 0 Å². The van der Waals surface area contributed by atoms with E-state index in [9.17, 15) is 13.6 Å². The molecule has 0 unspecified atom stereocenters. The van der Waals surface area contributed by atoms with Gasteiger partial charge in [0.15, 0.2) is 17.4 Å². The standard InChI is InChI=1S/C15H13F2NO2/c1-9-2-4-11(5-3-9)15(20)18-8-10-6-12(16)14(19)13(17)7-10/h2-7,19H,8H2,1H3,(H,18,20). The summed E-state index contributed by atoms with van der Waals surface area (Å²) in [5, 5.41) is 11.5. The normalized spacial score (nSPS) is 10.3. The second-order valence-corrected chi connectivity index (χ2v) is 4.46. The summed E-state index contributed by atoms with van der Waals surface area (Å²) in [6, 6.07) is 8.90. The Hall–Kier alpha value is -2.43. The zero-order valence-corrected chi connectivity index (χ0v) is 10.8. The number of carbonyl (C=O) groups excluding carboxylic acids is 1. The maximum Gasteiger partial charge on any atom is 0.251 e. The number of nitrogens with one attached hydrogen (secondary N) is 1. The number of amides is 1. The molecule has 104 valence electrons. The molecule has 0 bridgehead atoms. The van der Waals surface area contributed by atoms with E-state index in [0.29, 0.717) is 5.56 Å². The fraction of sp³-hybridized carbons (Fsp3) is 0.133. The molecule has 0 saturated carbocycles. The number of aryl methyl sites for hydroxylation is 1. The predicted molar refractivity (Wildman–Crippen MR) is 70.4 cm³/mol. The van der Waals surface area contributed by atoms with E-state index in [0.717, 1.165) is 17.7 Å². The van der Waals surface area contributed by atoms with E-state index in [1.54, 1.807) is 24.3 Å². The number of rotatable bonds is 3. The van der Waals surface area contributed by atoms with Crippen LogP contribution < -0.4 is 5.32 Å². The maximum atomic E-state index is 13.1. The van der Waals surface area contributed by atoms with Crippen LogP contribution in [0.1, 0.15) is 21.5 Å². The third-order valence-corrected chi connectivity index (χ3v) is 2.84. The van der Waals surface area contributed by atoms with Gasteiger partial charge in [0.2, 0.25) is 0 Å². The Balaban J connectivity index is 2.05. The van der Waals surface area contributed by atoms with Crippen LogP contribution in [0, 0.1) is 18.6 Å². The molecule has 0 aliphatic heterocycles. The maximum absolute atomic E-state index is 13.1. The largest absolute Gasteiger partial charge is 0.503 e. The molecule has 0 atom stereocenters. The summed E-state index contributed by atoms with van der Waals surface area (Å²) >= 11 is 0. The summed E-state index contributed by atoms with van der Waals surface area (Å²) < 4.78 is 26.3. The molecule has 0 heterocycles. The number of halogens is 2. The fourth-order valence-electron chi connectivity index (χ4n) is 1.71. The Bertz CT molecular complexity index is 616. The lowest BCUT2D eigenvalue weighted by Crippen LogP contribution is -2.22. The van der Waals surface area contributed by atoms with Gasteiger partial charge in [0.25, 0.3) is 5.91 Å². The minimum atomic E-state index is -1.05. The molecule has 0 spiro atoms. The second-order valence-electron chi connectivity index (χ2n) is 4.46. The van der Waals surface area contributed by atoms with E-state index in [1.165, 1.54) is 0 Å². The molecule has 2 rings (SSSR count). The zero-order valence-electron chi connectivity index (χ0n) is 10.8. The lowest BCUT2D eigenvalue weighted by molar-refractivity contribution is 0.0951. The summed E-state index contributed by atoms with van der Waals surface area (Å²) in [6.07, 6.45) is 0. The average molecular weight is 277 g/mol. The van der Waals surface area contributed by atoms with Crippen molar-refractivity contribution in [3.8, 4) is 5.75 Å². The van der Waals surface area contributed by atoms with Crippen LogP contribution in [0.5, 0.6) is 5.75 Å². The van der Waals surface area contributed by atoms with Gasteiger partial charge in [-0.2, -0.15) is 0 Å². The highest BCUT2D eigenvalue weighted by Crippen LogP contribution is 2.21. The topological polar surface area (TPSA) is 49.3 Å². The molecule has 2 aromatic rings. The van der Waals surface area contributed by atoms with E-state index in [-0.39, 0.29) is 18.0 Å². The summed E-state index contributed by atoms with van der Waals surface area (Å²) in [4.78, 5) is 11.8. The van der Waals surface area contributed by atoms with Gasteiger partial charge in [-0.1, -0.05) is 17.7 Å². The highest BCUT2D eigenvalue weighted by molar-refractivity contribution is 5.94. The highest BCUT2D eigenvalue weighted by Gasteiger charge is 2.10. The molecule has 0 aliphatic rings. The third-order valence-electron chi connectivity index (χ3n) is 2.84. The van der Waals surface area contributed by atoms with Crippen molar-refractivity contribution >= 4 is 5.91 Å². The number of aromatic hydroxyl groups is 1. The summed E-state index contributed by atoms with van der Waals surface area (Å²) in [6.45, 7) is 1.88. The summed E-state index contributed by atoms with van der Waals surface area (Å²) in [5.74, 6) is -3.45. The number of carbonyl (C=O) groups is 1. The van der Waals surface area contributed by atoms with Gasteiger partial charge in [0.1, 0.15) is 0 Å². The molecule has 2 aromatic carbocycles. The van der Waals surface area contributed by atoms with Crippen molar-refractivity contribution in [2.75, 3.05) is 0 Å². The molecule has 0 aromatic heterocycles. The monoisotopic (exact) mass is 277 g/mol. The molecule has 0 saturated heterocycles. The Morgan fingerprint density at radius 3 is 2.25 bits per heavy atom. The number of phenols is 1. The molecule has 20 heavy (non-hydrogen) atoms. The van der Waals surface area contributed by atoms with E-state index >= 15 is 0 Å². The fourth-order valence-corrected chi connectivity index (χ4v) is 1.71. The van der Waals surface area contributed by atoms with Gasteiger partial charge in [-0.25, -0.2) is 8.78 Å². The van der Waals surface area contributed by atoms with Crippen LogP contribution in [0.4, 0.5) is 8.78 Å². The summed E-state index contributed by atoms with van der Waals surface area (Å²) in [7, 11) is 0. The third kappa shape index (κ3) is 3.12. The SMILES string of the molecule is Cc1ccc(C(=O)NCc2cc(F)c(O)c(F)c2)cc1. The Kier molecular flexibility index (Phi) is 3.98. The lowest BCUT2D eigenvalue weighted by atomic mass is 10.1. The molecule has 1 amide bonds. The van der Waals surface area contributed by atoms with Crippen LogP contribution >= 0.6 is 0 Å². The second kappa shape index (κ2) is 5.69. The molecule has 3 nitrogen and oxygen atoms in total. The Labute approximate surface area is 114 Å². The van der Waals surface area contributed by atoms with Crippen LogP contribution in [0.2, 0.25) is 0 Å². The number of hydrogen-bond acceptors (Lipinski definition) is 2. The first kappa shape index (κ1) is 14.0. The lowest BCUT2D eigenvalue weighted by Gasteiger charge is -2.07. The Morgan fingerprint density at radius 1 is 1.15 bits per heavy atom. The first-order valence-electron chi connectivity index (χ1n) is 5.99. The molecule has 0 radical (unpaired) electrons. The van der Waals surface area contributed by atoms with E-state index in [2.05, 4.69) is 5.32 Å². The number of benzene rings is 2.